The van der Waals surface area contributed by atoms with Gasteiger partial charge in [0, 0.05) is 25.0 Å². The molecule has 0 spiro atoms. The van der Waals surface area contributed by atoms with Crippen LogP contribution < -0.4 is 5.32 Å². The number of nitrogens with one attached hydrogen (secondary N) is 1. The van der Waals surface area contributed by atoms with Gasteiger partial charge < -0.3 is 10.1 Å². The van der Waals surface area contributed by atoms with Crippen LogP contribution in [0.4, 0.5) is 4.39 Å². The Bertz CT molecular complexity index is 1230. The molecule has 1 amide bonds. The fourth-order valence-electron chi connectivity index (χ4n) is 3.48. The number of hydrogen-bond donors (Lipinski definition) is 1. The smallest absolute Gasteiger partial charge is 0.251 e. The van der Waals surface area contributed by atoms with Gasteiger partial charge in [-0.3, -0.25) is 9.36 Å². The number of halogens is 1. The van der Waals surface area contributed by atoms with E-state index in [1.807, 2.05) is 41.0 Å². The van der Waals surface area contributed by atoms with E-state index in [1.165, 1.54) is 23.9 Å². The van der Waals surface area contributed by atoms with E-state index in [9.17, 15) is 9.18 Å². The summed E-state index contributed by atoms with van der Waals surface area (Å²) in [6.45, 7) is 1.32. The molecule has 4 rings (SSSR count). The summed E-state index contributed by atoms with van der Waals surface area (Å²) in [5.74, 6) is 0.830. The average Bonchev–Trinajstić information content (AvgIpc) is 3.24. The summed E-state index contributed by atoms with van der Waals surface area (Å²) in [5, 5.41) is 12.3. The molecule has 0 radical (unpaired) electrons. The first kappa shape index (κ1) is 23.7. The molecule has 0 saturated carbocycles. The lowest BCUT2D eigenvalue weighted by Crippen LogP contribution is -2.23. The predicted molar refractivity (Wildman–Crippen MR) is 130 cm³/mol. The fourth-order valence-corrected chi connectivity index (χ4v) is 4.44. The van der Waals surface area contributed by atoms with Gasteiger partial charge in [-0.1, -0.05) is 72.4 Å². The Kier molecular flexibility index (Phi) is 8.06. The van der Waals surface area contributed by atoms with Crippen LogP contribution in [0.25, 0.3) is 0 Å². The highest BCUT2D eigenvalue weighted by atomic mass is 32.2. The summed E-state index contributed by atoms with van der Waals surface area (Å²) in [7, 11) is 1.63. The van der Waals surface area contributed by atoms with Crippen LogP contribution in [-0.2, 0) is 30.2 Å². The molecule has 0 saturated heterocycles. The summed E-state index contributed by atoms with van der Waals surface area (Å²) in [6.07, 6.45) is 0. The second kappa shape index (κ2) is 11.6. The first-order valence-corrected chi connectivity index (χ1v) is 11.8. The summed E-state index contributed by atoms with van der Waals surface area (Å²) >= 11 is 1.53. The number of amides is 1. The minimum atomic E-state index is -0.300. The fraction of sp³-hybridized carbons (Fsp3) is 0.192. The van der Waals surface area contributed by atoms with Crippen molar-refractivity contribution in [3.05, 3.63) is 113 Å². The Hall–Kier alpha value is -3.49. The lowest BCUT2D eigenvalue weighted by atomic mass is 10.1. The lowest BCUT2D eigenvalue weighted by molar-refractivity contribution is 0.0950. The van der Waals surface area contributed by atoms with Gasteiger partial charge in [0.15, 0.2) is 11.0 Å². The van der Waals surface area contributed by atoms with Crippen molar-refractivity contribution in [1.82, 2.24) is 20.1 Å². The highest BCUT2D eigenvalue weighted by Gasteiger charge is 2.16. The Morgan fingerprint density at radius 2 is 1.71 bits per heavy atom. The van der Waals surface area contributed by atoms with Crippen LogP contribution in [0.15, 0.2) is 84.0 Å². The maximum absolute atomic E-state index is 13.1. The van der Waals surface area contributed by atoms with E-state index in [0.717, 1.165) is 27.7 Å². The maximum Gasteiger partial charge on any atom is 0.251 e. The van der Waals surface area contributed by atoms with Crippen LogP contribution in [0, 0.1) is 5.82 Å². The topological polar surface area (TPSA) is 69.0 Å². The number of hydrogen-bond acceptors (Lipinski definition) is 5. The van der Waals surface area contributed by atoms with Gasteiger partial charge in [0.1, 0.15) is 12.4 Å². The summed E-state index contributed by atoms with van der Waals surface area (Å²) in [6, 6.07) is 23.7. The van der Waals surface area contributed by atoms with E-state index < -0.39 is 0 Å². The highest BCUT2D eigenvalue weighted by molar-refractivity contribution is 7.98. The molecule has 0 aliphatic carbocycles. The number of methoxy groups -OCH3 is 1. The first-order chi connectivity index (χ1) is 16.6. The molecule has 0 unspecified atom stereocenters. The number of benzene rings is 3. The van der Waals surface area contributed by atoms with Crippen molar-refractivity contribution in [3.63, 3.8) is 0 Å². The van der Waals surface area contributed by atoms with Gasteiger partial charge in [0.05, 0.1) is 6.54 Å². The molecule has 6 nitrogen and oxygen atoms in total. The standard InChI is InChI=1S/C26H25FN4O2S/c1-33-17-24-29-30-26(31(24)16-20-7-3-2-4-8-20)34-18-21-9-5-6-10-23(21)25(32)28-15-19-11-13-22(27)14-12-19/h2-14H,15-18H2,1H3,(H,28,32). The van der Waals surface area contributed by atoms with Gasteiger partial charge in [0.2, 0.25) is 0 Å². The molecule has 0 aliphatic rings. The zero-order chi connectivity index (χ0) is 23.8. The van der Waals surface area contributed by atoms with Crippen molar-refractivity contribution in [2.45, 2.75) is 30.6 Å². The molecule has 1 aromatic heterocycles. The molecule has 4 aromatic rings. The van der Waals surface area contributed by atoms with Crippen molar-refractivity contribution >= 4 is 17.7 Å². The Morgan fingerprint density at radius 3 is 2.47 bits per heavy atom. The van der Waals surface area contributed by atoms with E-state index in [0.29, 0.717) is 31.0 Å². The molecular weight excluding hydrogens is 451 g/mol. The minimum absolute atomic E-state index is 0.175. The Balaban J connectivity index is 1.47. The van der Waals surface area contributed by atoms with Crippen LogP contribution in [0.1, 0.15) is 32.9 Å². The number of carbonyl (C=O) groups is 1. The molecule has 1 N–H and O–H groups in total. The number of ether oxygens (including phenoxy) is 1. The van der Waals surface area contributed by atoms with Gasteiger partial charge in [-0.05, 0) is 34.9 Å². The van der Waals surface area contributed by atoms with Crippen LogP contribution in [-0.4, -0.2) is 27.8 Å². The number of thioether (sulfide) groups is 1. The second-order valence-electron chi connectivity index (χ2n) is 7.66. The number of rotatable bonds is 10. The number of aromatic nitrogens is 3. The largest absolute Gasteiger partial charge is 0.377 e. The van der Waals surface area contributed by atoms with Crippen LogP contribution in [0.5, 0.6) is 0 Å². The molecule has 0 bridgehead atoms. The van der Waals surface area contributed by atoms with Gasteiger partial charge in [-0.2, -0.15) is 0 Å². The quantitative estimate of drug-likeness (QED) is 0.332. The number of nitrogens with zero attached hydrogens (tertiary/aromatic N) is 3. The molecular formula is C26H25FN4O2S. The van der Waals surface area contributed by atoms with Gasteiger partial charge in [-0.25, -0.2) is 4.39 Å². The third kappa shape index (κ3) is 6.09. The average molecular weight is 477 g/mol. The van der Waals surface area contributed by atoms with Gasteiger partial charge in [0.25, 0.3) is 5.91 Å². The lowest BCUT2D eigenvalue weighted by Gasteiger charge is -2.12. The zero-order valence-corrected chi connectivity index (χ0v) is 19.6. The Morgan fingerprint density at radius 1 is 0.971 bits per heavy atom. The molecule has 0 atom stereocenters. The summed E-state index contributed by atoms with van der Waals surface area (Å²) in [4.78, 5) is 12.9. The number of carbonyl (C=O) groups excluding carboxylic acids is 1. The first-order valence-electron chi connectivity index (χ1n) is 10.8. The van der Waals surface area contributed by atoms with Crippen molar-refractivity contribution in [3.8, 4) is 0 Å². The highest BCUT2D eigenvalue weighted by Crippen LogP contribution is 2.25. The van der Waals surface area contributed by atoms with E-state index in [-0.39, 0.29) is 11.7 Å². The minimum Gasteiger partial charge on any atom is -0.377 e. The van der Waals surface area contributed by atoms with Gasteiger partial charge in [-0.15, -0.1) is 10.2 Å². The maximum atomic E-state index is 13.1. The third-order valence-electron chi connectivity index (χ3n) is 5.24. The van der Waals surface area contributed by atoms with Crippen LogP contribution in [0.2, 0.25) is 0 Å². The molecule has 0 aliphatic heterocycles. The normalized spacial score (nSPS) is 10.9. The summed E-state index contributed by atoms with van der Waals surface area (Å²) < 4.78 is 20.5. The third-order valence-corrected chi connectivity index (χ3v) is 6.25. The molecule has 8 heteroatoms. The molecule has 174 valence electrons. The molecule has 0 fully saturated rings. The zero-order valence-electron chi connectivity index (χ0n) is 18.8. The molecule has 3 aromatic carbocycles. The van der Waals surface area contributed by atoms with Crippen LogP contribution in [0.3, 0.4) is 0 Å². The second-order valence-corrected chi connectivity index (χ2v) is 8.60. The van der Waals surface area contributed by atoms with E-state index in [4.69, 9.17) is 4.74 Å². The van der Waals surface area contributed by atoms with Crippen molar-refractivity contribution in [2.24, 2.45) is 0 Å². The predicted octanol–water partition coefficient (Wildman–Crippen LogP) is 4.83. The SMILES string of the molecule is COCc1nnc(SCc2ccccc2C(=O)NCc2ccc(F)cc2)n1Cc1ccccc1. The summed E-state index contributed by atoms with van der Waals surface area (Å²) in [5.41, 5.74) is 3.47. The van der Waals surface area contributed by atoms with Gasteiger partial charge >= 0.3 is 0 Å². The van der Waals surface area contributed by atoms with Crippen molar-refractivity contribution < 1.29 is 13.9 Å². The van der Waals surface area contributed by atoms with Crippen molar-refractivity contribution in [1.29, 1.82) is 0 Å². The molecule has 1 heterocycles. The van der Waals surface area contributed by atoms with E-state index in [2.05, 4.69) is 27.6 Å². The van der Waals surface area contributed by atoms with Crippen molar-refractivity contribution in [2.75, 3.05) is 7.11 Å². The van der Waals surface area contributed by atoms with E-state index >= 15 is 0 Å². The van der Waals surface area contributed by atoms with Crippen LogP contribution >= 0.6 is 11.8 Å². The Labute approximate surface area is 202 Å². The monoisotopic (exact) mass is 476 g/mol. The van der Waals surface area contributed by atoms with E-state index in [1.54, 1.807) is 25.3 Å². The molecule has 34 heavy (non-hydrogen) atoms.